The van der Waals surface area contributed by atoms with E-state index in [-0.39, 0.29) is 49.8 Å². The van der Waals surface area contributed by atoms with E-state index < -0.39 is 18.5 Å². The van der Waals surface area contributed by atoms with Gasteiger partial charge in [0.2, 0.25) is 0 Å². The molecule has 2 rings (SSSR count). The van der Waals surface area contributed by atoms with E-state index in [1.54, 1.807) is 31.2 Å². The number of aliphatic hydroxyl groups is 1. The topological polar surface area (TPSA) is 80.7 Å². The molecule has 0 aliphatic heterocycles. The molecule has 5 nitrogen and oxygen atoms in total. The van der Waals surface area contributed by atoms with Crippen LogP contribution >= 0.6 is 0 Å². The van der Waals surface area contributed by atoms with Gasteiger partial charge in [0.05, 0.1) is 5.92 Å². The highest BCUT2D eigenvalue weighted by Gasteiger charge is 2.29. The Morgan fingerprint density at radius 2 is 1.50 bits per heavy atom. The average Bonchev–Trinajstić information content (AvgIpc) is 2.81. The number of hydrogen-bond donors (Lipinski definition) is 1. The number of rotatable bonds is 14. The molecule has 0 spiro atoms. The largest absolute Gasteiger partial charge is 0.491 e. The van der Waals surface area contributed by atoms with Crippen molar-refractivity contribution in [3.8, 4) is 16.9 Å². The Kier molecular flexibility index (Phi) is 10.2. The summed E-state index contributed by atoms with van der Waals surface area (Å²) in [5.74, 6) is -1.35. The molecular formula is C26H31FO5. The van der Waals surface area contributed by atoms with Gasteiger partial charge >= 0.3 is 0 Å². The Bertz CT molecular complexity index is 871. The number of carbonyl (C=O) groups is 3. The molecule has 0 radical (unpaired) electrons. The third-order valence-corrected chi connectivity index (χ3v) is 5.37. The fourth-order valence-electron chi connectivity index (χ4n) is 3.62. The van der Waals surface area contributed by atoms with E-state index in [2.05, 4.69) is 0 Å². The van der Waals surface area contributed by atoms with Crippen LogP contribution in [0.2, 0.25) is 0 Å². The molecule has 0 amide bonds. The predicted molar refractivity (Wildman–Crippen MR) is 122 cm³/mol. The average molecular weight is 443 g/mol. The summed E-state index contributed by atoms with van der Waals surface area (Å²) in [5, 5.41) is 9.07. The number of hydrogen-bond acceptors (Lipinski definition) is 5. The van der Waals surface area contributed by atoms with Crippen LogP contribution < -0.4 is 4.74 Å². The zero-order chi connectivity index (χ0) is 23.5. The lowest BCUT2D eigenvalue weighted by Gasteiger charge is -2.18. The Hall–Kier alpha value is -2.86. The number of ether oxygens (including phenoxy) is 1. The quantitative estimate of drug-likeness (QED) is 0.334. The molecule has 2 aromatic rings. The first kappa shape index (κ1) is 25.4. The van der Waals surface area contributed by atoms with Crippen LogP contribution in [0.5, 0.6) is 5.75 Å². The van der Waals surface area contributed by atoms with Crippen LogP contribution in [0, 0.1) is 11.8 Å². The van der Waals surface area contributed by atoms with Crippen molar-refractivity contribution in [3.63, 3.8) is 0 Å². The summed E-state index contributed by atoms with van der Waals surface area (Å²) >= 11 is 0. The molecule has 0 aromatic heterocycles. The molecule has 1 N–H and O–H groups in total. The highest BCUT2D eigenvalue weighted by atomic mass is 19.1. The molecule has 0 fully saturated rings. The number of benzene rings is 2. The van der Waals surface area contributed by atoms with Crippen molar-refractivity contribution in [2.45, 2.75) is 39.5 Å². The van der Waals surface area contributed by atoms with Crippen molar-refractivity contribution < 1.29 is 28.6 Å². The predicted octanol–water partition coefficient (Wildman–Crippen LogP) is 4.85. The van der Waals surface area contributed by atoms with Gasteiger partial charge in [0.25, 0.3) is 0 Å². The molecular weight excluding hydrogens is 411 g/mol. The van der Waals surface area contributed by atoms with Crippen LogP contribution in [0.25, 0.3) is 11.1 Å². The number of aliphatic hydroxyl groups excluding tert-OH is 1. The summed E-state index contributed by atoms with van der Waals surface area (Å²) in [6.45, 7) is 2.77. The first-order valence-electron chi connectivity index (χ1n) is 11.0. The van der Waals surface area contributed by atoms with Gasteiger partial charge in [0.1, 0.15) is 30.6 Å². The lowest BCUT2D eigenvalue weighted by atomic mass is 9.83. The van der Waals surface area contributed by atoms with Crippen molar-refractivity contribution in [1.82, 2.24) is 0 Å². The van der Waals surface area contributed by atoms with Gasteiger partial charge in [-0.1, -0.05) is 50.2 Å². The SMILES string of the molecule is CCCC(=O)C(CC(C)C(=O)c1ccc(-c2ccc(OCCF)cc2)cc1)C(=O)CCO. The van der Waals surface area contributed by atoms with Crippen molar-refractivity contribution in [2.75, 3.05) is 19.9 Å². The fraction of sp³-hybridized carbons (Fsp3) is 0.423. The number of halogens is 1. The van der Waals surface area contributed by atoms with Gasteiger partial charge in [-0.15, -0.1) is 0 Å². The zero-order valence-electron chi connectivity index (χ0n) is 18.7. The molecule has 2 atom stereocenters. The first-order valence-corrected chi connectivity index (χ1v) is 11.0. The maximum absolute atomic E-state index is 12.9. The minimum atomic E-state index is -0.849. The third-order valence-electron chi connectivity index (χ3n) is 5.37. The molecule has 0 saturated heterocycles. The van der Waals surface area contributed by atoms with E-state index in [0.717, 1.165) is 11.1 Å². The van der Waals surface area contributed by atoms with Crippen molar-refractivity contribution in [1.29, 1.82) is 0 Å². The summed E-state index contributed by atoms with van der Waals surface area (Å²) in [6, 6.07) is 14.4. The smallest absolute Gasteiger partial charge is 0.165 e. The van der Waals surface area contributed by atoms with Crippen molar-refractivity contribution >= 4 is 17.3 Å². The molecule has 2 aromatic carbocycles. The van der Waals surface area contributed by atoms with E-state index in [9.17, 15) is 18.8 Å². The monoisotopic (exact) mass is 442 g/mol. The van der Waals surface area contributed by atoms with Crippen LogP contribution in [0.15, 0.2) is 48.5 Å². The van der Waals surface area contributed by atoms with Crippen LogP contribution in [0.3, 0.4) is 0 Å². The minimum absolute atomic E-state index is 0.0187. The van der Waals surface area contributed by atoms with Gasteiger partial charge in [-0.25, -0.2) is 4.39 Å². The summed E-state index contributed by atoms with van der Waals surface area (Å²) < 4.78 is 17.4. The van der Waals surface area contributed by atoms with Crippen LogP contribution in [0.4, 0.5) is 4.39 Å². The standard InChI is InChI=1S/C26H31FO5/c1-3-4-24(29)23(25(30)13-15-28)17-18(2)26(31)21-7-5-19(6-8-21)20-9-11-22(12-10-20)32-16-14-27/h5-12,18,23,28H,3-4,13-17H2,1-2H3. The number of alkyl halides is 1. The number of Topliss-reactive ketones (excluding diaryl/α,β-unsaturated/α-hetero) is 3. The van der Waals surface area contributed by atoms with Gasteiger partial charge in [-0.2, -0.15) is 0 Å². The summed E-state index contributed by atoms with van der Waals surface area (Å²) in [6.07, 6.45) is 0.995. The zero-order valence-corrected chi connectivity index (χ0v) is 18.7. The van der Waals surface area contributed by atoms with E-state index in [0.29, 0.717) is 17.7 Å². The second-order valence-corrected chi connectivity index (χ2v) is 7.85. The van der Waals surface area contributed by atoms with E-state index in [1.165, 1.54) is 0 Å². The van der Waals surface area contributed by atoms with E-state index in [4.69, 9.17) is 9.84 Å². The first-order chi connectivity index (χ1) is 15.4. The van der Waals surface area contributed by atoms with Crippen LogP contribution in [-0.4, -0.2) is 42.3 Å². The molecule has 0 aliphatic carbocycles. The number of carbonyl (C=O) groups excluding carboxylic acids is 3. The third kappa shape index (κ3) is 7.09. The highest BCUT2D eigenvalue weighted by Crippen LogP contribution is 2.25. The molecule has 32 heavy (non-hydrogen) atoms. The lowest BCUT2D eigenvalue weighted by molar-refractivity contribution is -0.133. The van der Waals surface area contributed by atoms with Crippen LogP contribution in [-0.2, 0) is 9.59 Å². The molecule has 0 heterocycles. The van der Waals surface area contributed by atoms with E-state index in [1.807, 2.05) is 31.2 Å². The summed E-state index contributed by atoms with van der Waals surface area (Å²) in [5.41, 5.74) is 2.37. The molecule has 0 aliphatic rings. The normalized spacial score (nSPS) is 12.8. The lowest BCUT2D eigenvalue weighted by Crippen LogP contribution is -2.29. The molecule has 172 valence electrons. The Labute approximate surface area is 188 Å². The second-order valence-electron chi connectivity index (χ2n) is 7.85. The van der Waals surface area contributed by atoms with E-state index >= 15 is 0 Å². The Balaban J connectivity index is 2.08. The van der Waals surface area contributed by atoms with Gasteiger partial charge < -0.3 is 9.84 Å². The number of ketones is 3. The minimum Gasteiger partial charge on any atom is -0.491 e. The Morgan fingerprint density at radius 1 is 0.938 bits per heavy atom. The highest BCUT2D eigenvalue weighted by molar-refractivity contribution is 6.04. The molecule has 6 heteroatoms. The Morgan fingerprint density at radius 3 is 2.03 bits per heavy atom. The van der Waals surface area contributed by atoms with Gasteiger partial charge in [0, 0.05) is 30.9 Å². The van der Waals surface area contributed by atoms with Crippen molar-refractivity contribution in [3.05, 3.63) is 54.1 Å². The van der Waals surface area contributed by atoms with Gasteiger partial charge in [0.15, 0.2) is 5.78 Å². The summed E-state index contributed by atoms with van der Waals surface area (Å²) in [7, 11) is 0. The van der Waals surface area contributed by atoms with Gasteiger partial charge in [-0.05, 0) is 36.1 Å². The molecule has 0 bridgehead atoms. The van der Waals surface area contributed by atoms with Crippen molar-refractivity contribution in [2.24, 2.45) is 11.8 Å². The fourth-order valence-corrected chi connectivity index (χ4v) is 3.62. The molecule has 0 saturated carbocycles. The van der Waals surface area contributed by atoms with Gasteiger partial charge in [-0.3, -0.25) is 14.4 Å². The molecule has 2 unspecified atom stereocenters. The maximum atomic E-state index is 12.9. The summed E-state index contributed by atoms with van der Waals surface area (Å²) in [4.78, 5) is 37.6. The van der Waals surface area contributed by atoms with Crippen LogP contribution in [0.1, 0.15) is 49.9 Å². The second kappa shape index (κ2) is 12.9. The maximum Gasteiger partial charge on any atom is 0.165 e.